The van der Waals surface area contributed by atoms with Gasteiger partial charge in [-0.2, -0.15) is 5.10 Å². The minimum absolute atomic E-state index is 0.0225. The summed E-state index contributed by atoms with van der Waals surface area (Å²) in [7, 11) is 1.58. The molecule has 1 N–H and O–H groups in total. The highest BCUT2D eigenvalue weighted by molar-refractivity contribution is 6.06. The lowest BCUT2D eigenvalue weighted by molar-refractivity contribution is 0.102. The van der Waals surface area contributed by atoms with Crippen molar-refractivity contribution in [3.05, 3.63) is 71.6 Å². The zero-order valence-electron chi connectivity index (χ0n) is 13.3. The highest BCUT2D eigenvalue weighted by Crippen LogP contribution is 2.29. The number of carbonyl (C=O) groups excluding carboxylic acids is 1. The molecule has 1 amide bonds. The third-order valence-corrected chi connectivity index (χ3v) is 3.63. The Labute approximate surface area is 141 Å². The largest absolute Gasteiger partial charge is 0.321 e. The van der Waals surface area contributed by atoms with Crippen LogP contribution >= 0.6 is 0 Å². The molecule has 0 saturated heterocycles. The van der Waals surface area contributed by atoms with E-state index in [1.165, 1.54) is 23.0 Å². The zero-order chi connectivity index (χ0) is 18.0. The van der Waals surface area contributed by atoms with Gasteiger partial charge in [-0.1, -0.05) is 18.2 Å². The van der Waals surface area contributed by atoms with E-state index in [1.54, 1.807) is 31.3 Å². The topological polar surface area (TPSA) is 46.9 Å². The van der Waals surface area contributed by atoms with Crippen LogP contribution in [-0.4, -0.2) is 15.7 Å². The van der Waals surface area contributed by atoms with Gasteiger partial charge in [0.15, 0.2) is 0 Å². The van der Waals surface area contributed by atoms with E-state index >= 15 is 0 Å². The van der Waals surface area contributed by atoms with Crippen molar-refractivity contribution in [2.75, 3.05) is 5.32 Å². The summed E-state index contributed by atoms with van der Waals surface area (Å²) < 4.78 is 41.3. The van der Waals surface area contributed by atoms with Crippen LogP contribution in [0.5, 0.6) is 0 Å². The summed E-state index contributed by atoms with van der Waals surface area (Å²) in [5.41, 5.74) is 1.20. The number of nitrogens with one attached hydrogen (secondary N) is 1. The Morgan fingerprint density at radius 2 is 1.84 bits per heavy atom. The van der Waals surface area contributed by atoms with Crippen LogP contribution in [0.15, 0.2) is 48.7 Å². The van der Waals surface area contributed by atoms with Crippen molar-refractivity contribution in [2.45, 2.75) is 6.67 Å². The molecule has 0 aliphatic heterocycles. The molecule has 25 heavy (non-hydrogen) atoms. The highest BCUT2D eigenvalue weighted by atomic mass is 19.1. The number of rotatable bonds is 4. The predicted molar refractivity (Wildman–Crippen MR) is 87.8 cm³/mol. The number of nitrogens with zero attached hydrogens (tertiary/aromatic N) is 2. The molecular weight excluding hydrogens is 331 g/mol. The molecule has 7 heteroatoms. The number of carbonyl (C=O) groups is 1. The molecule has 0 bridgehead atoms. The van der Waals surface area contributed by atoms with Crippen LogP contribution in [-0.2, 0) is 13.7 Å². The molecule has 1 aromatic heterocycles. The van der Waals surface area contributed by atoms with Gasteiger partial charge in [0.05, 0.1) is 5.56 Å². The first-order chi connectivity index (χ1) is 12.0. The van der Waals surface area contributed by atoms with E-state index < -0.39 is 24.2 Å². The van der Waals surface area contributed by atoms with Gasteiger partial charge in [-0.3, -0.25) is 9.48 Å². The first kappa shape index (κ1) is 16.8. The summed E-state index contributed by atoms with van der Waals surface area (Å²) in [4.78, 5) is 12.4. The standard InChI is InChI=1S/C18H14F3N3O/c1-24-10-15(17(9-19)23-24)18(25)22-16-5-3-2-4-14(16)11-6-12(20)8-13(21)7-11/h2-8,10H,9H2,1H3,(H,22,25). The lowest BCUT2D eigenvalue weighted by Crippen LogP contribution is -2.13. The Bertz CT molecular complexity index is 917. The number of aromatic nitrogens is 2. The molecule has 0 fully saturated rings. The lowest BCUT2D eigenvalue weighted by Gasteiger charge is -2.11. The molecule has 0 unspecified atom stereocenters. The van der Waals surface area contributed by atoms with E-state index in [0.717, 1.165) is 6.07 Å². The molecular formula is C18H14F3N3O. The second kappa shape index (κ2) is 6.80. The Morgan fingerprint density at radius 3 is 2.52 bits per heavy atom. The maximum absolute atomic E-state index is 13.5. The highest BCUT2D eigenvalue weighted by Gasteiger charge is 2.17. The van der Waals surface area contributed by atoms with Gasteiger partial charge in [0, 0.05) is 30.6 Å². The second-order valence-electron chi connectivity index (χ2n) is 5.45. The Kier molecular flexibility index (Phi) is 4.56. The van der Waals surface area contributed by atoms with Crippen LogP contribution in [0.25, 0.3) is 11.1 Å². The first-order valence-electron chi connectivity index (χ1n) is 7.43. The summed E-state index contributed by atoms with van der Waals surface area (Å²) in [6, 6.07) is 9.70. The molecule has 0 spiro atoms. The Morgan fingerprint density at radius 1 is 1.16 bits per heavy atom. The summed E-state index contributed by atoms with van der Waals surface area (Å²) in [5, 5.41) is 6.53. The molecule has 4 nitrogen and oxygen atoms in total. The van der Waals surface area contributed by atoms with Crippen molar-refractivity contribution in [3.63, 3.8) is 0 Å². The fourth-order valence-corrected chi connectivity index (χ4v) is 2.57. The van der Waals surface area contributed by atoms with Gasteiger partial charge in [0.25, 0.3) is 5.91 Å². The lowest BCUT2D eigenvalue weighted by atomic mass is 10.0. The number of alkyl halides is 1. The van der Waals surface area contributed by atoms with Crippen molar-refractivity contribution >= 4 is 11.6 Å². The van der Waals surface area contributed by atoms with Crippen LogP contribution < -0.4 is 5.32 Å². The third kappa shape index (κ3) is 3.55. The molecule has 0 atom stereocenters. The Balaban J connectivity index is 1.97. The zero-order valence-corrected chi connectivity index (χ0v) is 13.3. The van der Waals surface area contributed by atoms with Gasteiger partial charge >= 0.3 is 0 Å². The van der Waals surface area contributed by atoms with E-state index in [0.29, 0.717) is 11.3 Å². The minimum Gasteiger partial charge on any atom is -0.321 e. The van der Waals surface area contributed by atoms with Crippen molar-refractivity contribution < 1.29 is 18.0 Å². The average molecular weight is 345 g/mol. The summed E-state index contributed by atoms with van der Waals surface area (Å²) in [6.45, 7) is -0.875. The molecule has 3 rings (SSSR count). The second-order valence-corrected chi connectivity index (χ2v) is 5.45. The summed E-state index contributed by atoms with van der Waals surface area (Å²) in [5.74, 6) is -1.99. The number of benzene rings is 2. The van der Waals surface area contributed by atoms with E-state index in [1.807, 2.05) is 0 Å². The quantitative estimate of drug-likeness (QED) is 0.774. The fraction of sp³-hybridized carbons (Fsp3) is 0.111. The van der Waals surface area contributed by atoms with E-state index in [4.69, 9.17) is 0 Å². The van der Waals surface area contributed by atoms with Crippen LogP contribution in [0, 0.1) is 11.6 Å². The number of hydrogen-bond donors (Lipinski definition) is 1. The maximum Gasteiger partial charge on any atom is 0.259 e. The van der Waals surface area contributed by atoms with Crippen molar-refractivity contribution in [3.8, 4) is 11.1 Å². The molecule has 3 aromatic rings. The molecule has 1 heterocycles. The SMILES string of the molecule is Cn1cc(C(=O)Nc2ccccc2-c2cc(F)cc(F)c2)c(CF)n1. The van der Waals surface area contributed by atoms with E-state index in [-0.39, 0.29) is 16.8 Å². The van der Waals surface area contributed by atoms with Crippen molar-refractivity contribution in [1.82, 2.24) is 9.78 Å². The van der Waals surface area contributed by atoms with E-state index in [9.17, 15) is 18.0 Å². The van der Waals surface area contributed by atoms with Gasteiger partial charge in [-0.05, 0) is 23.8 Å². The van der Waals surface area contributed by atoms with Gasteiger partial charge < -0.3 is 5.32 Å². The third-order valence-electron chi connectivity index (χ3n) is 3.63. The monoisotopic (exact) mass is 345 g/mol. The van der Waals surface area contributed by atoms with Crippen LogP contribution in [0.4, 0.5) is 18.9 Å². The predicted octanol–water partition coefficient (Wildman–Crippen LogP) is 4.09. The number of halogens is 3. The van der Waals surface area contributed by atoms with Crippen LogP contribution in [0.1, 0.15) is 16.1 Å². The van der Waals surface area contributed by atoms with Crippen molar-refractivity contribution in [2.24, 2.45) is 7.05 Å². The van der Waals surface area contributed by atoms with Gasteiger partial charge in [-0.15, -0.1) is 0 Å². The number of amides is 1. The van der Waals surface area contributed by atoms with Gasteiger partial charge in [0.1, 0.15) is 24.0 Å². The molecule has 0 saturated carbocycles. The van der Waals surface area contributed by atoms with Crippen LogP contribution in [0.3, 0.4) is 0 Å². The minimum atomic E-state index is -0.875. The number of anilines is 1. The first-order valence-corrected chi connectivity index (χ1v) is 7.43. The average Bonchev–Trinajstić information content (AvgIpc) is 2.95. The smallest absolute Gasteiger partial charge is 0.259 e. The van der Waals surface area contributed by atoms with E-state index in [2.05, 4.69) is 10.4 Å². The number of aryl methyl sites for hydroxylation is 1. The molecule has 0 aliphatic carbocycles. The molecule has 0 radical (unpaired) electrons. The van der Waals surface area contributed by atoms with Gasteiger partial charge in [-0.25, -0.2) is 13.2 Å². The fourth-order valence-electron chi connectivity index (χ4n) is 2.57. The number of para-hydroxylation sites is 1. The van der Waals surface area contributed by atoms with Crippen molar-refractivity contribution in [1.29, 1.82) is 0 Å². The Hall–Kier alpha value is -3.09. The summed E-state index contributed by atoms with van der Waals surface area (Å²) >= 11 is 0. The van der Waals surface area contributed by atoms with Gasteiger partial charge in [0.2, 0.25) is 0 Å². The molecule has 0 aliphatic rings. The molecule has 2 aromatic carbocycles. The normalized spacial score (nSPS) is 10.7. The maximum atomic E-state index is 13.5. The summed E-state index contributed by atoms with van der Waals surface area (Å²) in [6.07, 6.45) is 1.41. The number of hydrogen-bond acceptors (Lipinski definition) is 2. The molecule has 128 valence electrons. The van der Waals surface area contributed by atoms with Crippen LogP contribution in [0.2, 0.25) is 0 Å².